The lowest BCUT2D eigenvalue weighted by molar-refractivity contribution is 0.0885. The summed E-state index contributed by atoms with van der Waals surface area (Å²) in [6.07, 6.45) is 19.6. The van der Waals surface area contributed by atoms with E-state index in [0.717, 1.165) is 77.0 Å². The molecule has 31 heavy (non-hydrogen) atoms. The van der Waals surface area contributed by atoms with Crippen molar-refractivity contribution in [1.29, 1.82) is 0 Å². The number of rotatable bonds is 27. The van der Waals surface area contributed by atoms with Crippen LogP contribution in [0.3, 0.4) is 0 Å². The molecule has 0 aromatic rings. The summed E-state index contributed by atoms with van der Waals surface area (Å²) in [5.74, 6) is 0. The number of hydrogen-bond donors (Lipinski definition) is 3. The molecular weight excluding hydrogens is 395 g/mol. The van der Waals surface area contributed by atoms with Crippen molar-refractivity contribution in [2.45, 2.75) is 116 Å². The Kier molecular flexibility index (Phi) is 27.7. The zero-order chi connectivity index (χ0) is 22.7. The van der Waals surface area contributed by atoms with Crippen molar-refractivity contribution in [3.8, 4) is 0 Å². The number of hydrogen-bond acceptors (Lipinski definition) is 6. The summed E-state index contributed by atoms with van der Waals surface area (Å²) >= 11 is 0. The molecule has 0 aromatic heterocycles. The van der Waals surface area contributed by atoms with Gasteiger partial charge in [0.15, 0.2) is 0 Å². The van der Waals surface area contributed by atoms with Crippen molar-refractivity contribution in [1.82, 2.24) is 0 Å². The molecule has 0 spiro atoms. The van der Waals surface area contributed by atoms with Gasteiger partial charge in [-0.15, -0.1) is 0 Å². The Hall–Kier alpha value is -0.175. The maximum absolute atomic E-state index is 8.81. The Morgan fingerprint density at radius 3 is 0.806 bits per heavy atom. The molecule has 0 saturated heterocycles. The second-order valence-electron chi connectivity index (χ2n) is 8.44. The van der Waals surface area contributed by atoms with Crippen LogP contribution in [0.25, 0.3) is 0 Å². The minimum Gasteiger partial charge on any atom is -0.396 e. The lowest BCUT2D eigenvalue weighted by atomic mass is 10.1. The molecule has 0 aliphatic rings. The SMILES string of the molecule is OCCCCCCCCOB(OCCCCCCCCO)OCCCCCCCCO. The van der Waals surface area contributed by atoms with Crippen LogP contribution >= 0.6 is 0 Å². The zero-order valence-electron chi connectivity index (χ0n) is 20.1. The minimum atomic E-state index is -0.557. The van der Waals surface area contributed by atoms with Crippen LogP contribution in [0.1, 0.15) is 116 Å². The van der Waals surface area contributed by atoms with E-state index in [1.807, 2.05) is 0 Å². The molecule has 0 aromatic carbocycles. The van der Waals surface area contributed by atoms with Gasteiger partial charge in [-0.2, -0.15) is 0 Å². The lowest BCUT2D eigenvalue weighted by Crippen LogP contribution is -2.28. The van der Waals surface area contributed by atoms with Gasteiger partial charge >= 0.3 is 7.32 Å². The number of aliphatic hydroxyl groups excluding tert-OH is 3. The summed E-state index contributed by atoms with van der Waals surface area (Å²) in [5, 5.41) is 26.4. The number of unbranched alkanes of at least 4 members (excludes halogenated alkanes) is 15. The molecule has 7 heteroatoms. The Bertz CT molecular complexity index is 275. The van der Waals surface area contributed by atoms with E-state index in [9.17, 15) is 0 Å². The van der Waals surface area contributed by atoms with Gasteiger partial charge in [0.25, 0.3) is 0 Å². The van der Waals surface area contributed by atoms with Gasteiger partial charge in [-0.3, -0.25) is 0 Å². The second kappa shape index (κ2) is 27.9. The van der Waals surface area contributed by atoms with E-state index in [1.165, 1.54) is 38.5 Å². The zero-order valence-corrected chi connectivity index (χ0v) is 20.1. The highest BCUT2D eigenvalue weighted by Crippen LogP contribution is 2.09. The van der Waals surface area contributed by atoms with Crippen LogP contribution in [0.4, 0.5) is 0 Å². The summed E-state index contributed by atoms with van der Waals surface area (Å²) in [5.41, 5.74) is 0. The Morgan fingerprint density at radius 1 is 0.323 bits per heavy atom. The summed E-state index contributed by atoms with van der Waals surface area (Å²) in [4.78, 5) is 0. The van der Waals surface area contributed by atoms with E-state index < -0.39 is 7.32 Å². The first kappa shape index (κ1) is 30.8. The van der Waals surface area contributed by atoms with E-state index in [1.54, 1.807) is 0 Å². The van der Waals surface area contributed by atoms with Gasteiger partial charge in [-0.25, -0.2) is 0 Å². The second-order valence-corrected chi connectivity index (χ2v) is 8.44. The van der Waals surface area contributed by atoms with Gasteiger partial charge in [0.2, 0.25) is 0 Å². The van der Waals surface area contributed by atoms with E-state index in [-0.39, 0.29) is 0 Å². The summed E-state index contributed by atoms with van der Waals surface area (Å²) in [6.45, 7) is 2.87. The average molecular weight is 446 g/mol. The highest BCUT2D eigenvalue weighted by atomic mass is 16.7. The maximum Gasteiger partial charge on any atom is 0.639 e. The summed E-state index contributed by atoms with van der Waals surface area (Å²) in [6, 6.07) is 0. The fourth-order valence-corrected chi connectivity index (χ4v) is 3.45. The fraction of sp³-hybridized carbons (Fsp3) is 1.00. The highest BCUT2D eigenvalue weighted by Gasteiger charge is 2.20. The Morgan fingerprint density at radius 2 is 0.548 bits per heavy atom. The van der Waals surface area contributed by atoms with Crippen molar-refractivity contribution in [2.75, 3.05) is 39.6 Å². The maximum atomic E-state index is 8.81. The molecule has 0 radical (unpaired) electrons. The van der Waals surface area contributed by atoms with Crippen LogP contribution in [0.2, 0.25) is 0 Å². The molecule has 0 heterocycles. The molecule has 0 aliphatic carbocycles. The molecule has 186 valence electrons. The molecule has 6 nitrogen and oxygen atoms in total. The van der Waals surface area contributed by atoms with Crippen LogP contribution in [0.5, 0.6) is 0 Å². The van der Waals surface area contributed by atoms with Crippen molar-refractivity contribution in [3.05, 3.63) is 0 Å². The molecule has 0 rings (SSSR count). The van der Waals surface area contributed by atoms with Crippen molar-refractivity contribution < 1.29 is 29.3 Å². The monoisotopic (exact) mass is 446 g/mol. The molecular formula is C24H51BO6. The van der Waals surface area contributed by atoms with Crippen LogP contribution in [0.15, 0.2) is 0 Å². The predicted molar refractivity (Wildman–Crippen MR) is 128 cm³/mol. The minimum absolute atomic E-state index is 0.296. The molecule has 0 saturated carbocycles. The Balaban J connectivity index is 3.82. The lowest BCUT2D eigenvalue weighted by Gasteiger charge is -2.15. The number of aliphatic hydroxyl groups is 3. The van der Waals surface area contributed by atoms with Gasteiger partial charge < -0.3 is 29.3 Å². The van der Waals surface area contributed by atoms with Gasteiger partial charge in [0.05, 0.1) is 0 Å². The quantitative estimate of drug-likeness (QED) is 0.121. The largest absolute Gasteiger partial charge is 0.639 e. The first-order chi connectivity index (χ1) is 15.3. The highest BCUT2D eigenvalue weighted by molar-refractivity contribution is 6.36. The van der Waals surface area contributed by atoms with Crippen LogP contribution < -0.4 is 0 Å². The summed E-state index contributed by atoms with van der Waals surface area (Å²) < 4.78 is 17.5. The van der Waals surface area contributed by atoms with Crippen LogP contribution in [-0.2, 0) is 14.0 Å². The molecule has 0 unspecified atom stereocenters. The first-order valence-electron chi connectivity index (χ1n) is 13.0. The molecule has 0 aliphatic heterocycles. The van der Waals surface area contributed by atoms with Gasteiger partial charge in [0.1, 0.15) is 0 Å². The normalized spacial score (nSPS) is 11.3. The van der Waals surface area contributed by atoms with Gasteiger partial charge in [-0.1, -0.05) is 77.0 Å². The van der Waals surface area contributed by atoms with Crippen molar-refractivity contribution in [3.63, 3.8) is 0 Å². The standard InChI is InChI=1S/C24H51BO6/c26-19-13-7-1-4-10-16-22-29-25(30-23-17-11-5-2-8-14-20-27)31-24-18-12-6-3-9-15-21-28/h26-28H,1-24H2. The first-order valence-corrected chi connectivity index (χ1v) is 13.0. The van der Waals surface area contributed by atoms with Gasteiger partial charge in [0, 0.05) is 39.6 Å². The summed E-state index contributed by atoms with van der Waals surface area (Å²) in [7, 11) is -0.557. The van der Waals surface area contributed by atoms with E-state index in [0.29, 0.717) is 39.6 Å². The van der Waals surface area contributed by atoms with E-state index >= 15 is 0 Å². The van der Waals surface area contributed by atoms with Crippen molar-refractivity contribution >= 4 is 7.32 Å². The van der Waals surface area contributed by atoms with E-state index in [2.05, 4.69) is 0 Å². The molecule has 0 fully saturated rings. The van der Waals surface area contributed by atoms with Crippen LogP contribution in [-0.4, -0.2) is 62.3 Å². The van der Waals surface area contributed by atoms with Crippen molar-refractivity contribution in [2.24, 2.45) is 0 Å². The molecule has 3 N–H and O–H groups in total. The smallest absolute Gasteiger partial charge is 0.396 e. The molecule has 0 atom stereocenters. The third-order valence-corrected chi connectivity index (χ3v) is 5.42. The van der Waals surface area contributed by atoms with Crippen LogP contribution in [0, 0.1) is 0 Å². The molecule has 0 amide bonds. The third kappa shape index (κ3) is 26.0. The van der Waals surface area contributed by atoms with E-state index in [4.69, 9.17) is 29.3 Å². The molecule has 0 bridgehead atoms. The average Bonchev–Trinajstić information content (AvgIpc) is 2.78. The topological polar surface area (TPSA) is 88.4 Å². The Labute approximate surface area is 192 Å². The predicted octanol–water partition coefficient (Wildman–Crippen LogP) is 5.02. The van der Waals surface area contributed by atoms with Gasteiger partial charge in [-0.05, 0) is 38.5 Å². The fourth-order valence-electron chi connectivity index (χ4n) is 3.45. The third-order valence-electron chi connectivity index (χ3n) is 5.42.